The lowest BCUT2D eigenvalue weighted by Crippen LogP contribution is -2.24. The Kier molecular flexibility index (Phi) is 3.58. The minimum atomic E-state index is 0.488. The van der Waals surface area contributed by atoms with Crippen LogP contribution in [0.1, 0.15) is 25.0 Å². The van der Waals surface area contributed by atoms with Gasteiger partial charge in [-0.1, -0.05) is 18.2 Å². The summed E-state index contributed by atoms with van der Waals surface area (Å²) in [4.78, 5) is 0. The van der Waals surface area contributed by atoms with Crippen LogP contribution in [0.2, 0.25) is 0 Å². The molecule has 0 spiro atoms. The number of para-hydroxylation sites is 1. The van der Waals surface area contributed by atoms with E-state index in [1.165, 1.54) is 18.2 Å². The minimum Gasteiger partial charge on any atom is -0.460 e. The molecule has 3 heteroatoms. The second kappa shape index (κ2) is 5.35. The number of fused-ring (bicyclic) bond motifs is 1. The average molecular weight is 259 g/mol. The first-order valence-corrected chi connectivity index (χ1v) is 6.98. The van der Waals surface area contributed by atoms with Crippen molar-refractivity contribution in [2.75, 3.05) is 20.3 Å². The number of methoxy groups -OCH3 is 1. The van der Waals surface area contributed by atoms with Gasteiger partial charge in [0.25, 0.3) is 0 Å². The molecule has 1 saturated carbocycles. The lowest BCUT2D eigenvalue weighted by atomic mass is 10.0. The molecule has 0 unspecified atom stereocenters. The molecular formula is C16H21NO2. The number of furan rings is 1. The lowest BCUT2D eigenvalue weighted by Gasteiger charge is -2.14. The number of hydrogen-bond donors (Lipinski definition) is 1. The monoisotopic (exact) mass is 259 g/mol. The van der Waals surface area contributed by atoms with E-state index in [1.807, 2.05) is 18.2 Å². The van der Waals surface area contributed by atoms with Crippen molar-refractivity contribution >= 4 is 11.0 Å². The van der Waals surface area contributed by atoms with Crippen LogP contribution in [0.4, 0.5) is 0 Å². The second-order valence-corrected chi connectivity index (χ2v) is 5.60. The van der Waals surface area contributed by atoms with Gasteiger partial charge in [0.15, 0.2) is 0 Å². The maximum atomic E-state index is 5.80. The molecule has 102 valence electrons. The van der Waals surface area contributed by atoms with Gasteiger partial charge in [-0.15, -0.1) is 0 Å². The number of benzene rings is 1. The summed E-state index contributed by atoms with van der Waals surface area (Å²) in [5.74, 6) is 1.02. The van der Waals surface area contributed by atoms with Gasteiger partial charge in [0.1, 0.15) is 11.3 Å². The van der Waals surface area contributed by atoms with Gasteiger partial charge in [0, 0.05) is 25.6 Å². The fourth-order valence-corrected chi connectivity index (χ4v) is 2.59. The molecule has 0 radical (unpaired) electrons. The van der Waals surface area contributed by atoms with Crippen LogP contribution in [-0.2, 0) is 11.3 Å². The van der Waals surface area contributed by atoms with Crippen molar-refractivity contribution in [2.45, 2.75) is 25.8 Å². The Morgan fingerprint density at radius 3 is 2.89 bits per heavy atom. The van der Waals surface area contributed by atoms with E-state index in [9.17, 15) is 0 Å². The van der Waals surface area contributed by atoms with Crippen molar-refractivity contribution in [1.29, 1.82) is 0 Å². The van der Waals surface area contributed by atoms with E-state index >= 15 is 0 Å². The first kappa shape index (κ1) is 12.7. The van der Waals surface area contributed by atoms with E-state index in [0.29, 0.717) is 5.41 Å². The van der Waals surface area contributed by atoms with Gasteiger partial charge in [0.05, 0.1) is 6.54 Å². The third-order valence-corrected chi connectivity index (χ3v) is 4.07. The zero-order valence-corrected chi connectivity index (χ0v) is 11.4. The molecule has 0 bridgehead atoms. The summed E-state index contributed by atoms with van der Waals surface area (Å²) >= 11 is 0. The lowest BCUT2D eigenvalue weighted by molar-refractivity contribution is 0.171. The first-order chi connectivity index (χ1) is 9.31. The van der Waals surface area contributed by atoms with Gasteiger partial charge in [0.2, 0.25) is 0 Å². The van der Waals surface area contributed by atoms with E-state index in [0.717, 1.165) is 37.5 Å². The van der Waals surface area contributed by atoms with Gasteiger partial charge >= 0.3 is 0 Å². The predicted molar refractivity (Wildman–Crippen MR) is 76.1 cm³/mol. The molecule has 1 heterocycles. The summed E-state index contributed by atoms with van der Waals surface area (Å²) in [5.41, 5.74) is 1.46. The predicted octanol–water partition coefficient (Wildman–Crippen LogP) is 3.34. The highest BCUT2D eigenvalue weighted by molar-refractivity contribution is 5.77. The standard InChI is InChI=1S/C16H21NO2/c1-18-9-8-16(6-7-16)12-17-11-14-10-13-4-2-3-5-15(13)19-14/h2-5,10,17H,6-9,11-12H2,1H3. The van der Waals surface area contributed by atoms with Gasteiger partial charge in [-0.3, -0.25) is 0 Å². The maximum absolute atomic E-state index is 5.80. The van der Waals surface area contributed by atoms with Crippen LogP contribution in [0.3, 0.4) is 0 Å². The van der Waals surface area contributed by atoms with E-state index < -0.39 is 0 Å². The number of nitrogens with one attached hydrogen (secondary N) is 1. The van der Waals surface area contributed by atoms with Gasteiger partial charge in [-0.25, -0.2) is 0 Å². The summed E-state index contributed by atoms with van der Waals surface area (Å²) in [5, 5.41) is 4.71. The van der Waals surface area contributed by atoms with Gasteiger partial charge in [-0.2, -0.15) is 0 Å². The minimum absolute atomic E-state index is 0.488. The van der Waals surface area contributed by atoms with E-state index in [1.54, 1.807) is 7.11 Å². The number of rotatable bonds is 7. The van der Waals surface area contributed by atoms with Crippen LogP contribution < -0.4 is 5.32 Å². The molecule has 0 aliphatic heterocycles. The SMILES string of the molecule is COCCC1(CNCc2cc3ccccc3o2)CC1. The summed E-state index contributed by atoms with van der Waals surface area (Å²) in [6, 6.07) is 10.3. The molecular weight excluding hydrogens is 238 g/mol. The van der Waals surface area contributed by atoms with Crippen LogP contribution in [0, 0.1) is 5.41 Å². The van der Waals surface area contributed by atoms with Crippen LogP contribution in [0.25, 0.3) is 11.0 Å². The molecule has 0 amide bonds. The van der Waals surface area contributed by atoms with E-state index in [4.69, 9.17) is 9.15 Å². The summed E-state index contributed by atoms with van der Waals surface area (Å²) < 4.78 is 11.0. The molecule has 1 N–H and O–H groups in total. The summed E-state index contributed by atoms with van der Waals surface area (Å²) in [7, 11) is 1.78. The van der Waals surface area contributed by atoms with Crippen LogP contribution in [0.5, 0.6) is 0 Å². The molecule has 1 fully saturated rings. The molecule has 3 rings (SSSR count). The Balaban J connectivity index is 1.52. The number of ether oxygens (including phenoxy) is 1. The number of hydrogen-bond acceptors (Lipinski definition) is 3. The zero-order chi connectivity index (χ0) is 13.1. The molecule has 0 atom stereocenters. The molecule has 19 heavy (non-hydrogen) atoms. The fraction of sp³-hybridized carbons (Fsp3) is 0.500. The molecule has 0 saturated heterocycles. The molecule has 1 aromatic heterocycles. The van der Waals surface area contributed by atoms with Crippen molar-refractivity contribution in [2.24, 2.45) is 5.41 Å². The fourth-order valence-electron chi connectivity index (χ4n) is 2.59. The van der Waals surface area contributed by atoms with Crippen LogP contribution >= 0.6 is 0 Å². The van der Waals surface area contributed by atoms with E-state index in [2.05, 4.69) is 17.4 Å². The third-order valence-electron chi connectivity index (χ3n) is 4.07. The Labute approximate surface area is 113 Å². The average Bonchev–Trinajstić information content (AvgIpc) is 3.07. The summed E-state index contributed by atoms with van der Waals surface area (Å²) in [6.07, 6.45) is 3.81. The highest BCUT2D eigenvalue weighted by Crippen LogP contribution is 2.48. The third kappa shape index (κ3) is 2.99. The highest BCUT2D eigenvalue weighted by Gasteiger charge is 2.41. The van der Waals surface area contributed by atoms with Gasteiger partial charge in [-0.05, 0) is 36.8 Å². The van der Waals surface area contributed by atoms with Crippen LogP contribution in [0.15, 0.2) is 34.7 Å². The Bertz CT molecular complexity index is 509. The topological polar surface area (TPSA) is 34.4 Å². The molecule has 3 nitrogen and oxygen atoms in total. The van der Waals surface area contributed by atoms with Crippen molar-refractivity contribution in [3.8, 4) is 0 Å². The Morgan fingerprint density at radius 1 is 1.32 bits per heavy atom. The van der Waals surface area contributed by atoms with Crippen LogP contribution in [-0.4, -0.2) is 20.3 Å². The largest absolute Gasteiger partial charge is 0.460 e. The van der Waals surface area contributed by atoms with Crippen molar-refractivity contribution in [1.82, 2.24) is 5.32 Å². The van der Waals surface area contributed by atoms with Crippen molar-refractivity contribution in [3.05, 3.63) is 36.1 Å². The quantitative estimate of drug-likeness (QED) is 0.828. The van der Waals surface area contributed by atoms with Gasteiger partial charge < -0.3 is 14.5 Å². The molecule has 1 aliphatic carbocycles. The van der Waals surface area contributed by atoms with Crippen molar-refractivity contribution < 1.29 is 9.15 Å². The zero-order valence-electron chi connectivity index (χ0n) is 11.4. The maximum Gasteiger partial charge on any atom is 0.134 e. The molecule has 1 aromatic carbocycles. The van der Waals surface area contributed by atoms with Crippen molar-refractivity contribution in [3.63, 3.8) is 0 Å². The second-order valence-electron chi connectivity index (χ2n) is 5.60. The molecule has 2 aromatic rings. The Hall–Kier alpha value is -1.32. The smallest absolute Gasteiger partial charge is 0.134 e. The summed E-state index contributed by atoms with van der Waals surface area (Å²) in [6.45, 7) is 2.74. The Morgan fingerprint density at radius 2 is 2.16 bits per heavy atom. The van der Waals surface area contributed by atoms with E-state index in [-0.39, 0.29) is 0 Å². The highest BCUT2D eigenvalue weighted by atomic mass is 16.5. The normalized spacial score (nSPS) is 16.9. The first-order valence-electron chi connectivity index (χ1n) is 6.98. The molecule has 1 aliphatic rings.